The molecule has 1 aromatic carbocycles. The first-order chi connectivity index (χ1) is 16.8. The van der Waals surface area contributed by atoms with Crippen LogP contribution in [0.3, 0.4) is 0 Å². The zero-order valence-electron chi connectivity index (χ0n) is 18.8. The van der Waals surface area contributed by atoms with E-state index in [4.69, 9.17) is 18.9 Å². The molecule has 0 bridgehead atoms. The molecule has 0 aliphatic carbocycles. The summed E-state index contributed by atoms with van der Waals surface area (Å²) in [6.45, 7) is 3.11. The normalized spacial score (nSPS) is 17.6. The van der Waals surface area contributed by atoms with E-state index in [0.717, 1.165) is 35.2 Å². The third-order valence-electron chi connectivity index (χ3n) is 6.65. The molecule has 0 N–H and O–H groups in total. The fraction of sp³-hybridized carbons (Fsp3) is 0.346. The number of rotatable bonds is 5. The van der Waals surface area contributed by atoms with Crippen LogP contribution in [0, 0.1) is 5.92 Å². The number of carbonyl (C=O) groups is 1. The van der Waals surface area contributed by atoms with Gasteiger partial charge < -0.3 is 18.8 Å². The first kappa shape index (κ1) is 21.1. The lowest BCUT2D eigenvalue weighted by molar-refractivity contribution is -0.0956. The summed E-state index contributed by atoms with van der Waals surface area (Å²) in [6.07, 6.45) is 4.99. The summed E-state index contributed by atoms with van der Waals surface area (Å²) in [4.78, 5) is 20.6. The fourth-order valence-electron chi connectivity index (χ4n) is 4.84. The molecule has 0 unspecified atom stereocenters. The van der Waals surface area contributed by atoms with Gasteiger partial charge in [-0.2, -0.15) is 5.10 Å². The van der Waals surface area contributed by atoms with E-state index < -0.39 is 0 Å². The maximum atomic E-state index is 13.7. The van der Waals surface area contributed by atoms with Crippen molar-refractivity contribution in [2.24, 2.45) is 5.92 Å². The molecule has 0 radical (unpaired) electrons. The van der Waals surface area contributed by atoms with Crippen LogP contribution in [-0.2, 0) is 16.0 Å². The fourth-order valence-corrected chi connectivity index (χ4v) is 4.84. The van der Waals surface area contributed by atoms with Crippen molar-refractivity contribution in [3.8, 4) is 11.3 Å². The topological polar surface area (TPSA) is 82.6 Å². The molecule has 6 rings (SSSR count). The Morgan fingerprint density at radius 3 is 2.56 bits per heavy atom. The summed E-state index contributed by atoms with van der Waals surface area (Å²) in [5.41, 5.74) is 3.00. The Balaban J connectivity index is 1.34. The van der Waals surface area contributed by atoms with Gasteiger partial charge >= 0.3 is 0 Å². The van der Waals surface area contributed by atoms with Crippen LogP contribution in [0.4, 0.5) is 0 Å². The molecule has 3 aromatic heterocycles. The zero-order chi connectivity index (χ0) is 22.9. The molecule has 8 heteroatoms. The van der Waals surface area contributed by atoms with E-state index in [9.17, 15) is 4.79 Å². The molecule has 2 aliphatic heterocycles. The number of aromatic nitrogens is 3. The zero-order valence-corrected chi connectivity index (χ0v) is 18.8. The summed E-state index contributed by atoms with van der Waals surface area (Å²) in [5, 5.41) is 5.30. The Morgan fingerprint density at radius 2 is 1.82 bits per heavy atom. The average molecular weight is 459 g/mol. The second-order valence-corrected chi connectivity index (χ2v) is 8.78. The van der Waals surface area contributed by atoms with Crippen molar-refractivity contribution in [3.63, 3.8) is 0 Å². The molecule has 0 spiro atoms. The molecule has 2 fully saturated rings. The summed E-state index contributed by atoms with van der Waals surface area (Å²) in [5.74, 6) is 1.12. The summed E-state index contributed by atoms with van der Waals surface area (Å²) in [6, 6.07) is 15.6. The predicted molar refractivity (Wildman–Crippen MR) is 125 cm³/mol. The van der Waals surface area contributed by atoms with Gasteiger partial charge in [0.2, 0.25) is 0 Å². The number of piperidine rings is 1. The van der Waals surface area contributed by atoms with Crippen LogP contribution in [0.2, 0.25) is 0 Å². The van der Waals surface area contributed by atoms with Gasteiger partial charge in [0, 0.05) is 24.6 Å². The van der Waals surface area contributed by atoms with E-state index in [0.29, 0.717) is 50.0 Å². The Labute approximate surface area is 197 Å². The predicted octanol–water partition coefficient (Wildman–Crippen LogP) is 3.96. The van der Waals surface area contributed by atoms with E-state index in [1.54, 1.807) is 17.1 Å². The smallest absolute Gasteiger partial charge is 0.254 e. The van der Waals surface area contributed by atoms with Gasteiger partial charge in [-0.15, -0.1) is 0 Å². The van der Waals surface area contributed by atoms with E-state index in [2.05, 4.69) is 5.10 Å². The first-order valence-corrected chi connectivity index (χ1v) is 11.7. The highest BCUT2D eigenvalue weighted by Crippen LogP contribution is 2.30. The molecule has 34 heavy (non-hydrogen) atoms. The van der Waals surface area contributed by atoms with Gasteiger partial charge in [0.25, 0.3) is 5.91 Å². The van der Waals surface area contributed by atoms with Crippen LogP contribution in [-0.4, -0.2) is 58.2 Å². The van der Waals surface area contributed by atoms with Crippen molar-refractivity contribution in [2.75, 3.05) is 26.3 Å². The van der Waals surface area contributed by atoms with Crippen molar-refractivity contribution in [1.29, 1.82) is 0 Å². The number of pyridine rings is 1. The third-order valence-corrected chi connectivity index (χ3v) is 6.65. The SMILES string of the molecule is O=C(c1cc(-c2ccccc2)nc2c1cnn2Cc1ccco1)N1CCC(C2OCCO2)CC1. The van der Waals surface area contributed by atoms with E-state index in [1.807, 2.05) is 53.4 Å². The number of hydrogen-bond donors (Lipinski definition) is 0. The monoisotopic (exact) mass is 458 g/mol. The van der Waals surface area contributed by atoms with Gasteiger partial charge in [-0.3, -0.25) is 4.79 Å². The minimum Gasteiger partial charge on any atom is -0.467 e. The van der Waals surface area contributed by atoms with Gasteiger partial charge in [-0.25, -0.2) is 9.67 Å². The standard InChI is InChI=1S/C26H26N4O4/c31-25(29-10-8-19(9-11-29)26-33-13-14-34-26)21-15-23(18-5-2-1-3-6-18)28-24-22(21)16-27-30(24)17-20-7-4-12-32-20/h1-7,12,15-16,19,26H,8-11,13-14,17H2. The van der Waals surface area contributed by atoms with Crippen LogP contribution in [0.25, 0.3) is 22.3 Å². The molecular formula is C26H26N4O4. The van der Waals surface area contributed by atoms with Gasteiger partial charge in [-0.1, -0.05) is 30.3 Å². The lowest BCUT2D eigenvalue weighted by Gasteiger charge is -2.34. The van der Waals surface area contributed by atoms with Crippen molar-refractivity contribution in [1.82, 2.24) is 19.7 Å². The molecular weight excluding hydrogens is 432 g/mol. The number of amides is 1. The Bertz CT molecular complexity index is 1270. The highest BCUT2D eigenvalue weighted by Gasteiger charge is 2.32. The molecule has 0 saturated carbocycles. The van der Waals surface area contributed by atoms with Crippen LogP contribution < -0.4 is 0 Å². The lowest BCUT2D eigenvalue weighted by atomic mass is 9.95. The van der Waals surface area contributed by atoms with Gasteiger partial charge in [0.15, 0.2) is 11.9 Å². The minimum absolute atomic E-state index is 0.00818. The van der Waals surface area contributed by atoms with Crippen molar-refractivity contribution < 1.29 is 18.7 Å². The van der Waals surface area contributed by atoms with Crippen LogP contribution in [0.1, 0.15) is 29.0 Å². The minimum atomic E-state index is -0.130. The molecule has 4 aromatic rings. The number of likely N-dealkylation sites (tertiary alicyclic amines) is 1. The number of ether oxygens (including phenoxy) is 2. The van der Waals surface area contributed by atoms with Crippen molar-refractivity contribution in [2.45, 2.75) is 25.7 Å². The highest BCUT2D eigenvalue weighted by molar-refractivity contribution is 6.06. The average Bonchev–Trinajstić information content (AvgIpc) is 3.67. The molecule has 0 atom stereocenters. The molecule has 2 aliphatic rings. The number of carbonyl (C=O) groups excluding carboxylic acids is 1. The van der Waals surface area contributed by atoms with E-state index in [1.165, 1.54) is 0 Å². The molecule has 174 valence electrons. The Kier molecular flexibility index (Phi) is 5.60. The van der Waals surface area contributed by atoms with Crippen molar-refractivity contribution >= 4 is 16.9 Å². The molecule has 5 heterocycles. The van der Waals surface area contributed by atoms with Crippen LogP contribution in [0.15, 0.2) is 65.4 Å². The summed E-state index contributed by atoms with van der Waals surface area (Å²) >= 11 is 0. The third kappa shape index (κ3) is 3.99. The summed E-state index contributed by atoms with van der Waals surface area (Å²) in [7, 11) is 0. The van der Waals surface area contributed by atoms with E-state index in [-0.39, 0.29) is 12.2 Å². The lowest BCUT2D eigenvalue weighted by Crippen LogP contribution is -2.41. The van der Waals surface area contributed by atoms with Gasteiger partial charge in [0.05, 0.1) is 42.3 Å². The van der Waals surface area contributed by atoms with Crippen molar-refractivity contribution in [3.05, 3.63) is 72.3 Å². The Morgan fingerprint density at radius 1 is 1.03 bits per heavy atom. The van der Waals surface area contributed by atoms with Gasteiger partial charge in [-0.05, 0) is 31.0 Å². The molecule has 1 amide bonds. The molecule has 8 nitrogen and oxygen atoms in total. The summed E-state index contributed by atoms with van der Waals surface area (Å²) < 4.78 is 18.7. The number of hydrogen-bond acceptors (Lipinski definition) is 6. The number of benzene rings is 1. The maximum absolute atomic E-state index is 13.7. The highest BCUT2D eigenvalue weighted by atomic mass is 16.7. The van der Waals surface area contributed by atoms with Crippen LogP contribution >= 0.6 is 0 Å². The first-order valence-electron chi connectivity index (χ1n) is 11.7. The second kappa shape index (κ2) is 9.04. The number of furan rings is 1. The quantitative estimate of drug-likeness (QED) is 0.450. The maximum Gasteiger partial charge on any atom is 0.254 e. The number of fused-ring (bicyclic) bond motifs is 1. The largest absolute Gasteiger partial charge is 0.467 e. The Hall–Kier alpha value is -3.49. The van der Waals surface area contributed by atoms with Crippen LogP contribution in [0.5, 0.6) is 0 Å². The number of nitrogens with zero attached hydrogens (tertiary/aromatic N) is 4. The van der Waals surface area contributed by atoms with E-state index >= 15 is 0 Å². The molecule has 2 saturated heterocycles. The second-order valence-electron chi connectivity index (χ2n) is 8.78. The van der Waals surface area contributed by atoms with Gasteiger partial charge in [0.1, 0.15) is 12.3 Å².